The van der Waals surface area contributed by atoms with Crippen molar-refractivity contribution in [1.82, 2.24) is 0 Å². The summed E-state index contributed by atoms with van der Waals surface area (Å²) in [6, 6.07) is 11.5. The predicted molar refractivity (Wildman–Crippen MR) is 93.4 cm³/mol. The number of hydrogen-bond donors (Lipinski definition) is 0. The quantitative estimate of drug-likeness (QED) is 0.834. The van der Waals surface area contributed by atoms with Crippen LogP contribution >= 0.6 is 11.6 Å². The van der Waals surface area contributed by atoms with Crippen LogP contribution in [0.25, 0.3) is 0 Å². The minimum atomic E-state index is -3.63. The maximum absolute atomic E-state index is 12.8. The molecule has 24 heavy (non-hydrogen) atoms. The molecule has 1 aliphatic rings. The fourth-order valence-electron chi connectivity index (χ4n) is 2.70. The fraction of sp³-hybridized carbons (Fsp3) is 0.235. The van der Waals surface area contributed by atoms with Crippen molar-refractivity contribution in [3.05, 3.63) is 58.6 Å². The third-order valence-electron chi connectivity index (χ3n) is 3.91. The molecule has 0 N–H and O–H groups in total. The number of sulfonamides is 1. The molecule has 7 heteroatoms. The summed E-state index contributed by atoms with van der Waals surface area (Å²) in [6.07, 6.45) is 0.166. The highest BCUT2D eigenvalue weighted by atomic mass is 35.5. The predicted octanol–water partition coefficient (Wildman–Crippen LogP) is 3.27. The summed E-state index contributed by atoms with van der Waals surface area (Å²) in [5.74, 6) is 0.287. The van der Waals surface area contributed by atoms with E-state index < -0.39 is 10.0 Å². The lowest BCUT2D eigenvalue weighted by Gasteiger charge is -2.30. The van der Waals surface area contributed by atoms with Crippen LogP contribution in [0, 0.1) is 0 Å². The van der Waals surface area contributed by atoms with Gasteiger partial charge < -0.3 is 4.74 Å². The Labute approximate surface area is 145 Å². The second kappa shape index (κ2) is 6.45. The van der Waals surface area contributed by atoms with Crippen molar-refractivity contribution in [3.63, 3.8) is 0 Å². The Morgan fingerprint density at radius 2 is 1.88 bits per heavy atom. The Morgan fingerprint density at radius 3 is 2.54 bits per heavy atom. The van der Waals surface area contributed by atoms with Crippen molar-refractivity contribution in [2.75, 3.05) is 18.0 Å². The van der Waals surface area contributed by atoms with Crippen LogP contribution in [-0.4, -0.2) is 27.9 Å². The summed E-state index contributed by atoms with van der Waals surface area (Å²) >= 11 is 5.84. The van der Waals surface area contributed by atoms with E-state index in [1.54, 1.807) is 42.5 Å². The Balaban J connectivity index is 1.98. The third kappa shape index (κ3) is 3.25. The molecule has 0 saturated heterocycles. The highest BCUT2D eigenvalue weighted by Gasteiger charge is 2.31. The van der Waals surface area contributed by atoms with Gasteiger partial charge in [0.15, 0.2) is 5.78 Å². The second-order valence-electron chi connectivity index (χ2n) is 5.51. The summed E-state index contributed by atoms with van der Waals surface area (Å²) in [4.78, 5) is 12.1. The van der Waals surface area contributed by atoms with Crippen LogP contribution in [-0.2, 0) is 15.8 Å². The van der Waals surface area contributed by atoms with Gasteiger partial charge in [0.05, 0.1) is 18.6 Å². The molecule has 0 saturated carbocycles. The minimum Gasteiger partial charge on any atom is -0.497 e. The normalized spacial score (nSPS) is 14.4. The van der Waals surface area contributed by atoms with Gasteiger partial charge in [0.25, 0.3) is 0 Å². The zero-order chi connectivity index (χ0) is 17.3. The van der Waals surface area contributed by atoms with Gasteiger partial charge in [-0.3, -0.25) is 9.10 Å². The largest absolute Gasteiger partial charge is 0.497 e. The zero-order valence-electron chi connectivity index (χ0n) is 13.0. The van der Waals surface area contributed by atoms with E-state index in [0.29, 0.717) is 27.6 Å². The van der Waals surface area contributed by atoms with E-state index in [1.165, 1.54) is 11.4 Å². The molecule has 3 rings (SSSR count). The number of hydrogen-bond acceptors (Lipinski definition) is 4. The van der Waals surface area contributed by atoms with Crippen LogP contribution in [0.1, 0.15) is 22.3 Å². The molecule has 0 spiro atoms. The van der Waals surface area contributed by atoms with Crippen LogP contribution in [0.2, 0.25) is 5.02 Å². The number of fused-ring (bicyclic) bond motifs is 1. The van der Waals surface area contributed by atoms with Gasteiger partial charge in [0.1, 0.15) is 5.75 Å². The van der Waals surface area contributed by atoms with Gasteiger partial charge in [-0.2, -0.15) is 0 Å². The van der Waals surface area contributed by atoms with Crippen molar-refractivity contribution in [2.24, 2.45) is 0 Å². The molecule has 0 radical (unpaired) electrons. The van der Waals surface area contributed by atoms with Gasteiger partial charge in [0.2, 0.25) is 10.0 Å². The van der Waals surface area contributed by atoms with E-state index in [4.69, 9.17) is 16.3 Å². The standard InChI is InChI=1S/C17H16ClNO4S/c1-23-14-6-7-15-16(10-14)19(9-8-17(15)20)24(21,22)11-12-2-4-13(18)5-3-12/h2-7,10H,8-9,11H2,1H3. The molecule has 126 valence electrons. The van der Waals surface area contributed by atoms with E-state index in [1.807, 2.05) is 0 Å². The molecule has 0 fully saturated rings. The van der Waals surface area contributed by atoms with Crippen LogP contribution in [0.4, 0.5) is 5.69 Å². The molecule has 2 aromatic carbocycles. The lowest BCUT2D eigenvalue weighted by atomic mass is 10.0. The first-order valence-electron chi connectivity index (χ1n) is 7.37. The molecule has 0 atom stereocenters. The van der Waals surface area contributed by atoms with Gasteiger partial charge in [-0.1, -0.05) is 23.7 Å². The summed E-state index contributed by atoms with van der Waals surface area (Å²) in [6.45, 7) is 0.134. The summed E-state index contributed by atoms with van der Waals surface area (Å²) in [7, 11) is -2.13. The average molecular weight is 366 g/mol. The molecule has 2 aromatic rings. The summed E-state index contributed by atoms with van der Waals surface area (Å²) in [5, 5.41) is 0.551. The first kappa shape index (κ1) is 16.8. The van der Waals surface area contributed by atoms with Gasteiger partial charge in [-0.15, -0.1) is 0 Å². The Morgan fingerprint density at radius 1 is 1.17 bits per heavy atom. The number of nitrogens with zero attached hydrogens (tertiary/aromatic N) is 1. The lowest BCUT2D eigenvalue weighted by Crippen LogP contribution is -2.38. The molecule has 0 aliphatic carbocycles. The molecule has 0 amide bonds. The lowest BCUT2D eigenvalue weighted by molar-refractivity contribution is 0.0982. The SMILES string of the molecule is COc1ccc2c(c1)N(S(=O)(=O)Cc1ccc(Cl)cc1)CCC2=O. The van der Waals surface area contributed by atoms with Gasteiger partial charge in [-0.05, 0) is 29.8 Å². The Kier molecular flexibility index (Phi) is 4.51. The van der Waals surface area contributed by atoms with Crippen molar-refractivity contribution in [3.8, 4) is 5.75 Å². The molecule has 1 aliphatic heterocycles. The number of ketones is 1. The molecular weight excluding hydrogens is 350 g/mol. The van der Waals surface area contributed by atoms with E-state index >= 15 is 0 Å². The molecule has 0 bridgehead atoms. The van der Waals surface area contributed by atoms with Crippen molar-refractivity contribution >= 4 is 33.1 Å². The number of rotatable bonds is 4. The van der Waals surface area contributed by atoms with E-state index in [0.717, 1.165) is 0 Å². The summed E-state index contributed by atoms with van der Waals surface area (Å²) < 4.78 is 32.2. The van der Waals surface area contributed by atoms with E-state index in [9.17, 15) is 13.2 Å². The smallest absolute Gasteiger partial charge is 0.239 e. The number of carbonyl (C=O) groups excluding carboxylic acids is 1. The Hall–Kier alpha value is -2.05. The monoisotopic (exact) mass is 365 g/mol. The van der Waals surface area contributed by atoms with E-state index in [2.05, 4.69) is 0 Å². The van der Waals surface area contributed by atoms with E-state index in [-0.39, 0.29) is 24.5 Å². The van der Waals surface area contributed by atoms with Crippen LogP contribution < -0.4 is 9.04 Å². The molecule has 0 unspecified atom stereocenters. The zero-order valence-corrected chi connectivity index (χ0v) is 14.6. The maximum Gasteiger partial charge on any atom is 0.239 e. The highest BCUT2D eigenvalue weighted by Crippen LogP contribution is 2.33. The van der Waals surface area contributed by atoms with Crippen molar-refractivity contribution in [2.45, 2.75) is 12.2 Å². The van der Waals surface area contributed by atoms with Crippen LogP contribution in [0.15, 0.2) is 42.5 Å². The first-order chi connectivity index (χ1) is 11.4. The molecule has 0 aromatic heterocycles. The second-order valence-corrected chi connectivity index (χ2v) is 7.84. The molecular formula is C17H16ClNO4S. The van der Waals surface area contributed by atoms with Crippen LogP contribution in [0.5, 0.6) is 5.75 Å². The van der Waals surface area contributed by atoms with Gasteiger partial charge in [-0.25, -0.2) is 8.42 Å². The van der Waals surface area contributed by atoms with Crippen molar-refractivity contribution in [1.29, 1.82) is 0 Å². The minimum absolute atomic E-state index is 0.0643. The highest BCUT2D eigenvalue weighted by molar-refractivity contribution is 7.92. The fourth-order valence-corrected chi connectivity index (χ4v) is 4.41. The number of methoxy groups -OCH3 is 1. The number of carbonyl (C=O) groups is 1. The molecule has 1 heterocycles. The first-order valence-corrected chi connectivity index (χ1v) is 9.35. The summed E-state index contributed by atoms with van der Waals surface area (Å²) in [5.41, 5.74) is 1.42. The number of halogens is 1. The Bertz CT molecular complexity index is 878. The van der Waals surface area contributed by atoms with Gasteiger partial charge >= 0.3 is 0 Å². The average Bonchev–Trinajstić information content (AvgIpc) is 2.56. The maximum atomic E-state index is 12.8. The molecule has 5 nitrogen and oxygen atoms in total. The number of Topliss-reactive ketones (excluding diaryl/α,β-unsaturated/α-hetero) is 1. The topological polar surface area (TPSA) is 63.7 Å². The number of benzene rings is 2. The van der Waals surface area contributed by atoms with Crippen molar-refractivity contribution < 1.29 is 17.9 Å². The number of anilines is 1. The van der Waals surface area contributed by atoms with Gasteiger partial charge in [0, 0.05) is 29.6 Å². The number of ether oxygens (including phenoxy) is 1. The third-order valence-corrected chi connectivity index (χ3v) is 5.92. The van der Waals surface area contributed by atoms with Crippen LogP contribution in [0.3, 0.4) is 0 Å².